The van der Waals surface area contributed by atoms with Gasteiger partial charge in [0, 0.05) is 25.3 Å². The monoisotopic (exact) mass is 337 g/mol. The zero-order valence-corrected chi connectivity index (χ0v) is 13.6. The summed E-state index contributed by atoms with van der Waals surface area (Å²) >= 11 is 0. The van der Waals surface area contributed by atoms with Gasteiger partial charge in [0.2, 0.25) is 0 Å². The van der Waals surface area contributed by atoms with Crippen LogP contribution in [0.4, 0.5) is 4.39 Å². The summed E-state index contributed by atoms with van der Waals surface area (Å²) in [6.45, 7) is 2.84. The predicted octanol–water partition coefficient (Wildman–Crippen LogP) is -1.23. The molecule has 0 spiro atoms. The van der Waals surface area contributed by atoms with Crippen molar-refractivity contribution in [3.63, 3.8) is 0 Å². The van der Waals surface area contributed by atoms with Gasteiger partial charge >= 0.3 is 0 Å². The number of carbonyl (C=O) groups excluding carboxylic acids is 1. The lowest BCUT2D eigenvalue weighted by molar-refractivity contribution is -0.119. The van der Waals surface area contributed by atoms with Crippen molar-refractivity contribution in [2.24, 2.45) is 11.5 Å². The average molecular weight is 337 g/mol. The molecule has 1 saturated heterocycles. The first kappa shape index (κ1) is 16.7. The fourth-order valence-electron chi connectivity index (χ4n) is 3.04. The molecule has 0 bridgehead atoms. The smallest absolute Gasteiger partial charge is 0.276 e. The lowest BCUT2D eigenvalue weighted by atomic mass is 10.2. The molecule has 1 fully saturated rings. The maximum Gasteiger partial charge on any atom is 0.276 e. The van der Waals surface area contributed by atoms with Crippen molar-refractivity contribution in [1.29, 1.82) is 0 Å². The zero-order valence-electron chi connectivity index (χ0n) is 13.6. The van der Waals surface area contributed by atoms with Crippen molar-refractivity contribution in [3.8, 4) is 0 Å². The molecule has 9 heteroatoms. The van der Waals surface area contributed by atoms with Crippen LogP contribution in [0, 0.1) is 0 Å². The van der Waals surface area contributed by atoms with Crippen molar-refractivity contribution < 1.29 is 9.18 Å². The number of carbonyl (C=O) groups is 1. The van der Waals surface area contributed by atoms with E-state index in [4.69, 9.17) is 11.5 Å². The Hall–Kier alpha value is -2.10. The Bertz CT molecular complexity index is 588. The molecule has 3 rings (SSSR count). The fourth-order valence-corrected chi connectivity index (χ4v) is 3.04. The second kappa shape index (κ2) is 6.80. The molecule has 0 aromatic heterocycles. The van der Waals surface area contributed by atoms with Crippen LogP contribution < -0.4 is 27.5 Å². The van der Waals surface area contributed by atoms with Crippen LogP contribution >= 0.6 is 0 Å². The fraction of sp³-hybridized carbons (Fsp3) is 0.533. The Morgan fingerprint density at radius 2 is 2.25 bits per heavy atom. The van der Waals surface area contributed by atoms with Crippen molar-refractivity contribution in [2.75, 3.05) is 13.1 Å². The van der Waals surface area contributed by atoms with Gasteiger partial charge in [0.1, 0.15) is 23.9 Å². The topological polar surface area (TPSA) is 112 Å². The molecule has 7 N–H and O–H groups in total. The van der Waals surface area contributed by atoms with Crippen molar-refractivity contribution in [3.05, 3.63) is 35.9 Å². The van der Waals surface area contributed by atoms with Gasteiger partial charge in [-0.05, 0) is 25.5 Å². The second-order valence-electron chi connectivity index (χ2n) is 6.29. The van der Waals surface area contributed by atoms with Gasteiger partial charge in [-0.15, -0.1) is 0 Å². The molecule has 0 aromatic carbocycles. The van der Waals surface area contributed by atoms with Crippen molar-refractivity contribution in [2.45, 2.75) is 37.9 Å². The highest BCUT2D eigenvalue weighted by Gasteiger charge is 2.36. The molecule has 8 nitrogen and oxygen atoms in total. The van der Waals surface area contributed by atoms with E-state index in [2.05, 4.69) is 16.1 Å². The summed E-state index contributed by atoms with van der Waals surface area (Å²) in [4.78, 5) is 14.4. The number of hydrogen-bond donors (Lipinski definition) is 5. The number of amides is 1. The van der Waals surface area contributed by atoms with Crippen molar-refractivity contribution >= 4 is 5.91 Å². The Kier molecular flexibility index (Phi) is 4.74. The Morgan fingerprint density at radius 3 is 2.92 bits per heavy atom. The predicted molar refractivity (Wildman–Crippen MR) is 88.1 cm³/mol. The molecular weight excluding hydrogens is 313 g/mol. The maximum atomic E-state index is 13.4. The van der Waals surface area contributed by atoms with E-state index in [1.54, 1.807) is 24.2 Å². The first-order chi connectivity index (χ1) is 11.4. The normalized spacial score (nSPS) is 31.5. The van der Waals surface area contributed by atoms with Gasteiger partial charge in [-0.3, -0.25) is 14.7 Å². The number of fused-ring (bicyclic) bond motifs is 1. The summed E-state index contributed by atoms with van der Waals surface area (Å²) in [5.41, 5.74) is 15.0. The third kappa shape index (κ3) is 3.53. The van der Waals surface area contributed by atoms with Gasteiger partial charge in [-0.2, -0.15) is 0 Å². The van der Waals surface area contributed by atoms with Crippen LogP contribution in [0.2, 0.25) is 0 Å². The molecule has 1 amide bonds. The number of halogens is 1. The highest BCUT2D eigenvalue weighted by molar-refractivity contribution is 5.94. The summed E-state index contributed by atoms with van der Waals surface area (Å²) in [6, 6.07) is -0.252. The summed E-state index contributed by atoms with van der Waals surface area (Å²) < 4.78 is 13.4. The van der Waals surface area contributed by atoms with E-state index < -0.39 is 6.17 Å². The number of alkyl halides is 1. The second-order valence-corrected chi connectivity index (χ2v) is 6.29. The van der Waals surface area contributed by atoms with Gasteiger partial charge in [0.05, 0.1) is 6.17 Å². The summed E-state index contributed by atoms with van der Waals surface area (Å²) in [7, 11) is 0. The van der Waals surface area contributed by atoms with E-state index in [9.17, 15) is 9.18 Å². The minimum Gasteiger partial charge on any atom is -0.385 e. The molecule has 3 aliphatic heterocycles. The minimum atomic E-state index is -0.795. The standard InChI is InChI=1S/C15H24FN7O/c1-9(17)6-12(18)20-15(24)11-7-19-13-2-3-14(21-23(11)13)22-5-4-10(16)8-22/h2-3,6-7,9-10,13-14,19,21H,4-5,8,17-18H2,1H3,(H,20,24)/b12-6+/t9?,10-,13?,14?/m0/s1. The molecule has 3 heterocycles. The van der Waals surface area contributed by atoms with E-state index in [1.807, 2.05) is 17.1 Å². The number of nitrogens with zero attached hydrogens (tertiary/aromatic N) is 2. The molecule has 0 saturated carbocycles. The molecule has 0 aliphatic carbocycles. The minimum absolute atomic E-state index is 0.143. The molecule has 132 valence electrons. The molecule has 0 radical (unpaired) electrons. The number of hydrazine groups is 1. The van der Waals surface area contributed by atoms with Gasteiger partial charge in [-0.25, -0.2) is 9.82 Å². The number of nitrogens with one attached hydrogen (secondary N) is 3. The third-order valence-electron chi connectivity index (χ3n) is 4.16. The van der Waals surface area contributed by atoms with Gasteiger partial charge in [-0.1, -0.05) is 6.08 Å². The number of rotatable bonds is 4. The quantitative estimate of drug-likeness (QED) is 0.408. The van der Waals surface area contributed by atoms with Gasteiger partial charge < -0.3 is 22.1 Å². The highest BCUT2D eigenvalue weighted by Crippen LogP contribution is 2.22. The van der Waals surface area contributed by atoms with Crippen LogP contribution in [0.15, 0.2) is 35.9 Å². The highest BCUT2D eigenvalue weighted by atomic mass is 19.1. The first-order valence-electron chi connectivity index (χ1n) is 8.06. The molecule has 24 heavy (non-hydrogen) atoms. The number of hydrogen-bond acceptors (Lipinski definition) is 7. The molecule has 3 aliphatic rings. The summed E-state index contributed by atoms with van der Waals surface area (Å²) in [5, 5.41) is 7.44. The molecule has 0 aromatic rings. The molecular formula is C15H24FN7O. The van der Waals surface area contributed by atoms with Crippen LogP contribution in [0.25, 0.3) is 0 Å². The van der Waals surface area contributed by atoms with Crippen LogP contribution in [0.3, 0.4) is 0 Å². The van der Waals surface area contributed by atoms with Crippen LogP contribution in [0.1, 0.15) is 13.3 Å². The van der Waals surface area contributed by atoms with Crippen LogP contribution in [0.5, 0.6) is 0 Å². The van der Waals surface area contributed by atoms with E-state index in [0.717, 1.165) is 0 Å². The van der Waals surface area contributed by atoms with Crippen LogP contribution in [-0.4, -0.2) is 53.5 Å². The van der Waals surface area contributed by atoms with E-state index in [-0.39, 0.29) is 30.1 Å². The molecule has 4 atom stereocenters. The number of nitrogens with two attached hydrogens (primary N) is 2. The molecule has 3 unspecified atom stereocenters. The third-order valence-corrected chi connectivity index (χ3v) is 4.16. The Balaban J connectivity index is 1.65. The summed E-state index contributed by atoms with van der Waals surface area (Å²) in [6.07, 6.45) is 6.55. The van der Waals surface area contributed by atoms with E-state index in [0.29, 0.717) is 25.2 Å². The van der Waals surface area contributed by atoms with Crippen molar-refractivity contribution in [1.82, 2.24) is 26.0 Å². The van der Waals surface area contributed by atoms with Gasteiger partial charge in [0.15, 0.2) is 0 Å². The Morgan fingerprint density at radius 1 is 1.50 bits per heavy atom. The largest absolute Gasteiger partial charge is 0.385 e. The van der Waals surface area contributed by atoms with Gasteiger partial charge in [0.25, 0.3) is 5.91 Å². The van der Waals surface area contributed by atoms with E-state index >= 15 is 0 Å². The van der Waals surface area contributed by atoms with E-state index in [1.165, 1.54) is 0 Å². The Labute approximate surface area is 140 Å². The van der Waals surface area contributed by atoms with Crippen LogP contribution in [-0.2, 0) is 4.79 Å². The first-order valence-corrected chi connectivity index (χ1v) is 8.06. The maximum absolute atomic E-state index is 13.4. The summed E-state index contributed by atoms with van der Waals surface area (Å²) in [5.74, 6) is -0.131. The SMILES string of the molecule is CC(N)/C=C(\N)NC(=O)C1=CNC2C=CC(N3CC[C@H](F)C3)NN12. The zero-order chi connectivity index (χ0) is 17.3. The lowest BCUT2D eigenvalue weighted by Gasteiger charge is -2.38. The average Bonchev–Trinajstić information content (AvgIpc) is 3.11. The lowest BCUT2D eigenvalue weighted by Crippen LogP contribution is -2.58. The number of likely N-dealkylation sites (tertiary alicyclic amines) is 1.